The van der Waals surface area contributed by atoms with E-state index in [0.717, 1.165) is 17.2 Å². The molecule has 11 nitrogen and oxygen atoms in total. The van der Waals surface area contributed by atoms with Crippen molar-refractivity contribution in [2.75, 3.05) is 32.4 Å². The van der Waals surface area contributed by atoms with Crippen molar-refractivity contribution >= 4 is 33.7 Å². The third-order valence-corrected chi connectivity index (χ3v) is 5.34. The van der Waals surface area contributed by atoms with E-state index < -0.39 is 39.7 Å². The van der Waals surface area contributed by atoms with Gasteiger partial charge in [-0.05, 0) is 18.4 Å². The van der Waals surface area contributed by atoms with E-state index in [1.54, 1.807) is 12.1 Å². The largest absolute Gasteiger partial charge is 0.445 e. The van der Waals surface area contributed by atoms with Crippen molar-refractivity contribution in [1.82, 2.24) is 20.9 Å². The molecule has 33 heavy (non-hydrogen) atoms. The van der Waals surface area contributed by atoms with E-state index in [1.807, 2.05) is 18.2 Å². The molecule has 12 heteroatoms. The van der Waals surface area contributed by atoms with Crippen LogP contribution in [0.25, 0.3) is 0 Å². The third-order valence-electron chi connectivity index (χ3n) is 4.66. The summed E-state index contributed by atoms with van der Waals surface area (Å²) in [6, 6.07) is 8.36. The highest BCUT2D eigenvalue weighted by Crippen LogP contribution is 2.17. The minimum atomic E-state index is -3.28. The molecule has 0 radical (unpaired) electrons. The summed E-state index contributed by atoms with van der Waals surface area (Å²) in [7, 11) is -3.28. The minimum Gasteiger partial charge on any atom is -0.445 e. The van der Waals surface area contributed by atoms with Crippen LogP contribution in [0.5, 0.6) is 0 Å². The minimum absolute atomic E-state index is 0.0210. The Labute approximate surface area is 192 Å². The number of nitrogens with one attached hydrogen (secondary N) is 3. The fourth-order valence-electron chi connectivity index (χ4n) is 3.10. The van der Waals surface area contributed by atoms with Crippen molar-refractivity contribution in [2.24, 2.45) is 0 Å². The first kappa shape index (κ1) is 25.8. The number of likely N-dealkylation sites (tertiary alicyclic amines) is 1. The first-order valence-corrected chi connectivity index (χ1v) is 12.3. The number of carbonyl (C=O) groups is 4. The first-order valence-electron chi connectivity index (χ1n) is 10.3. The van der Waals surface area contributed by atoms with Crippen molar-refractivity contribution in [3.05, 3.63) is 47.4 Å². The lowest BCUT2D eigenvalue weighted by molar-refractivity contribution is -0.138. The summed E-state index contributed by atoms with van der Waals surface area (Å²) in [4.78, 5) is 49.8. The molecule has 0 unspecified atom stereocenters. The third kappa shape index (κ3) is 9.73. The molecule has 2 rings (SSSR count). The number of ether oxygens (including phenoxy) is 1. The van der Waals surface area contributed by atoms with Crippen LogP contribution in [-0.2, 0) is 35.6 Å². The molecule has 1 aliphatic heterocycles. The first-order chi connectivity index (χ1) is 15.7. The van der Waals surface area contributed by atoms with Crippen LogP contribution < -0.4 is 16.0 Å². The highest BCUT2D eigenvalue weighted by atomic mass is 32.2. The van der Waals surface area contributed by atoms with Gasteiger partial charge in [-0.2, -0.15) is 0 Å². The molecule has 1 aromatic rings. The summed E-state index contributed by atoms with van der Waals surface area (Å²) in [5.74, 6) is -1.40. The number of carbonyl (C=O) groups excluding carboxylic acids is 4. The average molecular weight is 481 g/mol. The van der Waals surface area contributed by atoms with Gasteiger partial charge in [0.25, 0.3) is 0 Å². The monoisotopic (exact) mass is 480 g/mol. The fraction of sp³-hybridized carbons (Fsp3) is 0.429. The number of nitrogens with zero attached hydrogens (tertiary/aromatic N) is 1. The molecule has 1 saturated heterocycles. The highest BCUT2D eigenvalue weighted by molar-refractivity contribution is 7.93. The second-order valence-electron chi connectivity index (χ2n) is 7.38. The maximum absolute atomic E-state index is 12.4. The summed E-state index contributed by atoms with van der Waals surface area (Å²) < 4.78 is 27.1. The maximum atomic E-state index is 12.4. The van der Waals surface area contributed by atoms with Gasteiger partial charge < -0.3 is 25.6 Å². The SMILES string of the molecule is CS(=O)(=O)/C=C/CNC(=O)[C@H]1CCCN1C(=O)CNC(=O)CNC(=O)OCc1ccccc1. The van der Waals surface area contributed by atoms with E-state index in [1.165, 1.54) is 11.0 Å². The maximum Gasteiger partial charge on any atom is 0.407 e. The van der Waals surface area contributed by atoms with E-state index in [-0.39, 0.29) is 26.2 Å². The summed E-state index contributed by atoms with van der Waals surface area (Å²) in [5, 5.41) is 8.27. The Morgan fingerprint density at radius 3 is 2.52 bits per heavy atom. The molecular weight excluding hydrogens is 452 g/mol. The zero-order valence-electron chi connectivity index (χ0n) is 18.3. The van der Waals surface area contributed by atoms with Gasteiger partial charge in [-0.15, -0.1) is 0 Å². The van der Waals surface area contributed by atoms with Crippen molar-refractivity contribution in [2.45, 2.75) is 25.5 Å². The number of alkyl carbamates (subject to hydrolysis) is 1. The Morgan fingerprint density at radius 1 is 1.09 bits per heavy atom. The molecule has 1 aliphatic rings. The summed E-state index contributed by atoms with van der Waals surface area (Å²) >= 11 is 0. The quantitative estimate of drug-likeness (QED) is 0.416. The second kappa shape index (κ2) is 12.6. The van der Waals surface area contributed by atoms with Crippen LogP contribution in [0.3, 0.4) is 0 Å². The molecule has 0 aromatic heterocycles. The Balaban J connectivity index is 1.69. The number of rotatable bonds is 10. The smallest absolute Gasteiger partial charge is 0.407 e. The van der Waals surface area contributed by atoms with Gasteiger partial charge in [0.05, 0.1) is 6.54 Å². The van der Waals surface area contributed by atoms with Gasteiger partial charge in [-0.25, -0.2) is 13.2 Å². The molecule has 0 bridgehead atoms. The Hall–Kier alpha value is -3.41. The normalized spacial score (nSPS) is 15.8. The molecule has 1 atom stereocenters. The Bertz CT molecular complexity index is 980. The molecular formula is C21H28N4O7S. The van der Waals surface area contributed by atoms with Gasteiger partial charge in [-0.1, -0.05) is 36.4 Å². The van der Waals surface area contributed by atoms with Crippen molar-refractivity contribution in [3.8, 4) is 0 Å². The Morgan fingerprint density at radius 2 is 1.82 bits per heavy atom. The van der Waals surface area contributed by atoms with E-state index in [4.69, 9.17) is 4.74 Å². The molecule has 0 aliphatic carbocycles. The zero-order chi connectivity index (χ0) is 24.3. The number of sulfone groups is 1. The predicted octanol–water partition coefficient (Wildman–Crippen LogP) is -0.305. The number of hydrogen-bond acceptors (Lipinski definition) is 7. The molecule has 3 N–H and O–H groups in total. The molecule has 4 amide bonds. The van der Waals surface area contributed by atoms with Crippen molar-refractivity contribution in [3.63, 3.8) is 0 Å². The topological polar surface area (TPSA) is 151 Å². The lowest BCUT2D eigenvalue weighted by Gasteiger charge is -2.24. The van der Waals surface area contributed by atoms with E-state index in [2.05, 4.69) is 16.0 Å². The van der Waals surface area contributed by atoms with Crippen LogP contribution in [0.4, 0.5) is 4.79 Å². The van der Waals surface area contributed by atoms with Crippen molar-refractivity contribution in [1.29, 1.82) is 0 Å². The molecule has 180 valence electrons. The highest BCUT2D eigenvalue weighted by Gasteiger charge is 2.33. The summed E-state index contributed by atoms with van der Waals surface area (Å²) in [5.41, 5.74) is 0.804. The van der Waals surface area contributed by atoms with Gasteiger partial charge in [0.2, 0.25) is 17.7 Å². The van der Waals surface area contributed by atoms with Gasteiger partial charge >= 0.3 is 6.09 Å². The van der Waals surface area contributed by atoms with Crippen LogP contribution in [0, 0.1) is 0 Å². The van der Waals surface area contributed by atoms with Crippen LogP contribution >= 0.6 is 0 Å². The fourth-order valence-corrected chi connectivity index (χ4v) is 3.55. The number of hydrogen-bond donors (Lipinski definition) is 3. The van der Waals surface area contributed by atoms with Crippen molar-refractivity contribution < 1.29 is 32.3 Å². The second-order valence-corrected chi connectivity index (χ2v) is 9.31. The van der Waals surface area contributed by atoms with E-state index >= 15 is 0 Å². The van der Waals surface area contributed by atoms with Gasteiger partial charge in [0.1, 0.15) is 19.2 Å². The molecule has 1 aromatic carbocycles. The number of benzene rings is 1. The average Bonchev–Trinajstić information content (AvgIpc) is 3.27. The van der Waals surface area contributed by atoms with Crippen LogP contribution in [-0.4, -0.2) is 75.6 Å². The zero-order valence-corrected chi connectivity index (χ0v) is 19.1. The van der Waals surface area contributed by atoms with E-state index in [9.17, 15) is 27.6 Å². The van der Waals surface area contributed by atoms with Crippen LogP contribution in [0.2, 0.25) is 0 Å². The lowest BCUT2D eigenvalue weighted by atomic mass is 10.2. The standard InChI is InChI=1S/C21H28N4O7S/c1-33(30,31)12-6-10-22-20(28)17-9-5-11-25(17)19(27)14-23-18(26)13-24-21(29)32-15-16-7-3-2-4-8-16/h2-4,6-8,12,17H,5,9-11,13-15H2,1H3,(H,22,28)(H,23,26)(H,24,29)/b12-6+/t17-/m1/s1. The summed E-state index contributed by atoms with van der Waals surface area (Å²) in [6.07, 6.45) is 2.69. The van der Waals surface area contributed by atoms with Crippen LogP contribution in [0.15, 0.2) is 41.8 Å². The van der Waals surface area contributed by atoms with Crippen LogP contribution in [0.1, 0.15) is 18.4 Å². The van der Waals surface area contributed by atoms with Gasteiger partial charge in [0, 0.05) is 24.8 Å². The molecule has 1 heterocycles. The molecule has 0 saturated carbocycles. The van der Waals surface area contributed by atoms with Gasteiger partial charge in [-0.3, -0.25) is 14.4 Å². The van der Waals surface area contributed by atoms with Gasteiger partial charge in [0.15, 0.2) is 9.84 Å². The molecule has 1 fully saturated rings. The molecule has 0 spiro atoms. The Kier molecular flexibility index (Phi) is 9.85. The van der Waals surface area contributed by atoms with E-state index in [0.29, 0.717) is 19.4 Å². The predicted molar refractivity (Wildman–Crippen MR) is 119 cm³/mol. The lowest BCUT2D eigenvalue weighted by Crippen LogP contribution is -2.49. The number of amides is 4. The summed E-state index contributed by atoms with van der Waals surface area (Å²) in [6.45, 7) is -0.229.